The van der Waals surface area contributed by atoms with Crippen LogP contribution in [0.15, 0.2) is 97.6 Å². The van der Waals surface area contributed by atoms with Crippen molar-refractivity contribution < 1.29 is 0 Å². The first kappa shape index (κ1) is 20.6. The van der Waals surface area contributed by atoms with Crippen LogP contribution in [0.5, 0.6) is 0 Å². The van der Waals surface area contributed by atoms with Crippen LogP contribution in [0.4, 0.5) is 11.4 Å². The van der Waals surface area contributed by atoms with Gasteiger partial charge in [0.15, 0.2) is 0 Å². The van der Waals surface area contributed by atoms with Gasteiger partial charge in [-0.1, -0.05) is 68.1 Å². The zero-order valence-corrected chi connectivity index (χ0v) is 19.5. The predicted molar refractivity (Wildman–Crippen MR) is 146 cm³/mol. The van der Waals surface area contributed by atoms with Crippen molar-refractivity contribution in [2.75, 3.05) is 5.32 Å². The van der Waals surface area contributed by atoms with E-state index in [-0.39, 0.29) is 0 Å². The number of allylic oxidation sites excluding steroid dienone is 3. The van der Waals surface area contributed by atoms with Crippen LogP contribution in [0, 0.1) is 0 Å². The molecule has 166 valence electrons. The summed E-state index contributed by atoms with van der Waals surface area (Å²) < 4.78 is 2.41. The molecule has 6 rings (SSSR count). The van der Waals surface area contributed by atoms with Crippen LogP contribution >= 0.6 is 0 Å². The highest BCUT2D eigenvalue weighted by atomic mass is 15.0. The molecule has 0 bridgehead atoms. The molecule has 0 saturated heterocycles. The zero-order chi connectivity index (χ0) is 23.1. The average molecular weight is 441 g/mol. The molecule has 1 atom stereocenters. The van der Waals surface area contributed by atoms with E-state index in [0.717, 1.165) is 24.2 Å². The minimum absolute atomic E-state index is 0.514. The smallest absolute Gasteiger partial charge is 0.0537 e. The van der Waals surface area contributed by atoms with Crippen LogP contribution in [0.25, 0.3) is 34.5 Å². The third kappa shape index (κ3) is 3.52. The Kier molecular flexibility index (Phi) is 5.07. The molecule has 4 aromatic rings. The zero-order valence-electron chi connectivity index (χ0n) is 19.5. The van der Waals surface area contributed by atoms with E-state index in [2.05, 4.69) is 108 Å². The average Bonchev–Trinajstić information content (AvgIpc) is 3.22. The first-order valence-electron chi connectivity index (χ1n) is 12.0. The van der Waals surface area contributed by atoms with Gasteiger partial charge in [0.1, 0.15) is 0 Å². The minimum atomic E-state index is 0.514. The Morgan fingerprint density at radius 2 is 1.41 bits per heavy atom. The van der Waals surface area contributed by atoms with Gasteiger partial charge in [-0.05, 0) is 89.6 Å². The Bertz CT molecular complexity index is 1420. The Balaban J connectivity index is 1.33. The number of hydrogen-bond acceptors (Lipinski definition) is 1. The van der Waals surface area contributed by atoms with Crippen molar-refractivity contribution in [1.29, 1.82) is 0 Å². The monoisotopic (exact) mass is 440 g/mol. The summed E-state index contributed by atoms with van der Waals surface area (Å²) in [6.07, 6.45) is 11.1. The predicted octanol–water partition coefficient (Wildman–Crippen LogP) is 8.84. The number of nitrogens with one attached hydrogen (secondary N) is 1. The molecule has 1 aromatic heterocycles. The van der Waals surface area contributed by atoms with E-state index in [0.29, 0.717) is 5.92 Å². The number of aromatic nitrogens is 1. The molecule has 2 nitrogen and oxygen atoms in total. The molecule has 1 heterocycles. The normalized spacial score (nSPS) is 16.3. The standard InChI is InChI=1S/C32H28N2/c1-22-8-6-12-29-31(22)32-23(2)9-7-13-30(32)34(29)28-20-16-25(17-21-28)24-14-18-27(19-15-24)33-26-10-4-3-5-11-26/h3-7,10-21,23,33H,1,8-9H2,2H3. The molecule has 3 aromatic carbocycles. The fourth-order valence-corrected chi connectivity index (χ4v) is 5.25. The summed E-state index contributed by atoms with van der Waals surface area (Å²) in [7, 11) is 0. The molecular formula is C32H28N2. The van der Waals surface area contributed by atoms with E-state index in [9.17, 15) is 0 Å². The lowest BCUT2D eigenvalue weighted by atomic mass is 9.85. The van der Waals surface area contributed by atoms with Crippen molar-refractivity contribution in [3.8, 4) is 16.8 Å². The van der Waals surface area contributed by atoms with Gasteiger partial charge in [-0.3, -0.25) is 0 Å². The Morgan fingerprint density at radius 1 is 0.765 bits per heavy atom. The fraction of sp³-hybridized carbons (Fsp3) is 0.125. The maximum atomic E-state index is 4.40. The lowest BCUT2D eigenvalue weighted by Gasteiger charge is -2.18. The molecule has 2 aliphatic carbocycles. The van der Waals surface area contributed by atoms with E-state index < -0.39 is 0 Å². The number of rotatable bonds is 4. The van der Waals surface area contributed by atoms with Gasteiger partial charge in [0.05, 0.1) is 5.69 Å². The number of para-hydroxylation sites is 1. The van der Waals surface area contributed by atoms with E-state index in [1.165, 1.54) is 44.9 Å². The summed E-state index contributed by atoms with van der Waals surface area (Å²) >= 11 is 0. The van der Waals surface area contributed by atoms with Gasteiger partial charge in [-0.2, -0.15) is 0 Å². The molecule has 1 unspecified atom stereocenters. The summed E-state index contributed by atoms with van der Waals surface area (Å²) in [5, 5.41) is 3.45. The highest BCUT2D eigenvalue weighted by Crippen LogP contribution is 2.43. The van der Waals surface area contributed by atoms with Crippen LogP contribution in [0.1, 0.15) is 48.2 Å². The number of hydrogen-bond donors (Lipinski definition) is 1. The summed E-state index contributed by atoms with van der Waals surface area (Å²) in [5.41, 5.74) is 12.4. The molecule has 0 fully saturated rings. The highest BCUT2D eigenvalue weighted by Gasteiger charge is 2.28. The largest absolute Gasteiger partial charge is 0.356 e. The van der Waals surface area contributed by atoms with Crippen molar-refractivity contribution in [2.45, 2.75) is 25.7 Å². The summed E-state index contributed by atoms with van der Waals surface area (Å²) in [5.74, 6) is 0.514. The van der Waals surface area contributed by atoms with Crippen LogP contribution < -0.4 is 5.32 Å². The molecule has 0 aliphatic heterocycles. The van der Waals surface area contributed by atoms with Crippen molar-refractivity contribution in [3.05, 3.63) is 120 Å². The highest BCUT2D eigenvalue weighted by molar-refractivity contribution is 5.84. The van der Waals surface area contributed by atoms with Crippen molar-refractivity contribution in [2.24, 2.45) is 0 Å². The lowest BCUT2D eigenvalue weighted by Crippen LogP contribution is -2.03. The summed E-state index contributed by atoms with van der Waals surface area (Å²) in [6.45, 7) is 6.73. The van der Waals surface area contributed by atoms with Crippen LogP contribution in [-0.2, 0) is 0 Å². The first-order chi connectivity index (χ1) is 16.7. The lowest BCUT2D eigenvalue weighted by molar-refractivity contribution is 0.765. The van der Waals surface area contributed by atoms with Crippen molar-refractivity contribution >= 4 is 29.1 Å². The third-order valence-corrected chi connectivity index (χ3v) is 6.94. The number of fused-ring (bicyclic) bond motifs is 3. The minimum Gasteiger partial charge on any atom is -0.356 e. The summed E-state index contributed by atoms with van der Waals surface area (Å²) in [6, 6.07) is 27.8. The fourth-order valence-electron chi connectivity index (χ4n) is 5.25. The van der Waals surface area contributed by atoms with Crippen LogP contribution in [0.2, 0.25) is 0 Å². The molecule has 0 amide bonds. The number of anilines is 2. The van der Waals surface area contributed by atoms with Crippen molar-refractivity contribution in [1.82, 2.24) is 4.57 Å². The van der Waals surface area contributed by atoms with Gasteiger partial charge in [-0.15, -0.1) is 0 Å². The van der Waals surface area contributed by atoms with Gasteiger partial charge < -0.3 is 9.88 Å². The third-order valence-electron chi connectivity index (χ3n) is 6.94. The maximum Gasteiger partial charge on any atom is 0.0537 e. The van der Waals surface area contributed by atoms with Crippen LogP contribution in [-0.4, -0.2) is 4.57 Å². The summed E-state index contributed by atoms with van der Waals surface area (Å²) in [4.78, 5) is 0. The number of benzene rings is 3. The second kappa shape index (κ2) is 8.39. The first-order valence-corrected chi connectivity index (χ1v) is 12.0. The Hall–Kier alpha value is -4.04. The topological polar surface area (TPSA) is 17.0 Å². The van der Waals surface area contributed by atoms with Gasteiger partial charge in [0, 0.05) is 28.3 Å². The van der Waals surface area contributed by atoms with E-state index in [4.69, 9.17) is 0 Å². The van der Waals surface area contributed by atoms with Crippen LogP contribution in [0.3, 0.4) is 0 Å². The van der Waals surface area contributed by atoms with Gasteiger partial charge in [0.25, 0.3) is 0 Å². The Labute approximate surface area is 201 Å². The molecule has 2 aliphatic rings. The van der Waals surface area contributed by atoms with E-state index in [1.54, 1.807) is 0 Å². The molecule has 2 heteroatoms. The van der Waals surface area contributed by atoms with E-state index in [1.807, 2.05) is 18.2 Å². The molecule has 0 saturated carbocycles. The van der Waals surface area contributed by atoms with E-state index >= 15 is 0 Å². The number of nitrogens with zero attached hydrogens (tertiary/aromatic N) is 1. The maximum absolute atomic E-state index is 4.40. The Morgan fingerprint density at radius 3 is 2.15 bits per heavy atom. The second-order valence-corrected chi connectivity index (χ2v) is 9.26. The molecular weight excluding hydrogens is 412 g/mol. The molecule has 0 radical (unpaired) electrons. The van der Waals surface area contributed by atoms with Gasteiger partial charge >= 0.3 is 0 Å². The van der Waals surface area contributed by atoms with Crippen molar-refractivity contribution in [3.63, 3.8) is 0 Å². The van der Waals surface area contributed by atoms with Gasteiger partial charge in [-0.25, -0.2) is 0 Å². The quantitative estimate of drug-likeness (QED) is 0.335. The molecule has 34 heavy (non-hydrogen) atoms. The SMILES string of the molecule is C=C1CC=Cc2c1c1c(n2-c2ccc(-c3ccc(Nc4ccccc4)cc3)cc2)C=CCC1C. The molecule has 0 spiro atoms. The molecule has 1 N–H and O–H groups in total. The second-order valence-electron chi connectivity index (χ2n) is 9.26. The van der Waals surface area contributed by atoms with Gasteiger partial charge in [0.2, 0.25) is 0 Å².